The molecular weight excluding hydrogens is 536 g/mol. The van der Waals surface area contributed by atoms with Gasteiger partial charge in [-0.3, -0.25) is 29.6 Å². The number of non-ortho nitro benzene ring substituents is 1. The Balaban J connectivity index is 1.49. The molecule has 0 amide bonds. The first kappa shape index (κ1) is 24.0. The minimum absolute atomic E-state index is 0.0473. The molecule has 198 valence electrons. The molecule has 0 unspecified atom stereocenters. The summed E-state index contributed by atoms with van der Waals surface area (Å²) in [6.45, 7) is -0.0473. The topological polar surface area (TPSA) is 139 Å². The minimum atomic E-state index is -0.617. The SMILES string of the molecule is O=c1/c(=C\c2cc3c(cc2[N+](=O)[O-])OCO3)sc2n1[C@@H](c1cccc([N+](=O)[O-])c1)C1=C(N=2)c2ccccc2CC1. The van der Waals surface area contributed by atoms with Crippen LogP contribution in [-0.2, 0) is 6.42 Å². The van der Waals surface area contributed by atoms with E-state index < -0.39 is 21.4 Å². The van der Waals surface area contributed by atoms with Gasteiger partial charge in [0.05, 0.1) is 37.7 Å². The van der Waals surface area contributed by atoms with Crippen LogP contribution in [0.4, 0.5) is 11.4 Å². The van der Waals surface area contributed by atoms with Crippen LogP contribution in [0.25, 0.3) is 11.8 Å². The Hall–Kier alpha value is -5.10. The molecule has 0 fully saturated rings. The summed E-state index contributed by atoms with van der Waals surface area (Å²) >= 11 is 1.12. The van der Waals surface area contributed by atoms with Crippen LogP contribution in [0.3, 0.4) is 0 Å². The number of aryl methyl sites for hydroxylation is 1. The van der Waals surface area contributed by atoms with Gasteiger partial charge in [-0.1, -0.05) is 47.7 Å². The average molecular weight is 555 g/mol. The second kappa shape index (κ2) is 8.99. The van der Waals surface area contributed by atoms with Crippen molar-refractivity contribution in [1.82, 2.24) is 4.57 Å². The van der Waals surface area contributed by atoms with Crippen LogP contribution >= 0.6 is 11.3 Å². The molecule has 0 N–H and O–H groups in total. The van der Waals surface area contributed by atoms with Crippen molar-refractivity contribution < 1.29 is 19.3 Å². The van der Waals surface area contributed by atoms with Crippen molar-refractivity contribution in [2.24, 2.45) is 4.99 Å². The molecule has 3 aromatic carbocycles. The molecule has 3 aliphatic rings. The van der Waals surface area contributed by atoms with Crippen LogP contribution in [0.15, 0.2) is 76.0 Å². The molecule has 2 aliphatic heterocycles. The number of ether oxygens (including phenoxy) is 2. The molecule has 0 radical (unpaired) electrons. The fourth-order valence-electron chi connectivity index (χ4n) is 5.49. The quantitative estimate of drug-likeness (QED) is 0.276. The number of thiazole rings is 1. The van der Waals surface area contributed by atoms with Crippen molar-refractivity contribution in [2.45, 2.75) is 18.9 Å². The highest BCUT2D eigenvalue weighted by molar-refractivity contribution is 7.07. The lowest BCUT2D eigenvalue weighted by atomic mass is 9.83. The van der Waals surface area contributed by atoms with Gasteiger partial charge < -0.3 is 9.47 Å². The lowest BCUT2D eigenvalue weighted by Gasteiger charge is -2.30. The molecule has 12 heteroatoms. The fraction of sp³-hybridized carbons (Fsp3) is 0.143. The highest BCUT2D eigenvalue weighted by Crippen LogP contribution is 2.42. The number of allylic oxidation sites excluding steroid dienone is 1. The van der Waals surface area contributed by atoms with Gasteiger partial charge in [0, 0.05) is 17.7 Å². The first-order valence-corrected chi connectivity index (χ1v) is 13.2. The Kier molecular flexibility index (Phi) is 5.39. The summed E-state index contributed by atoms with van der Waals surface area (Å²) in [4.78, 5) is 41.7. The maximum absolute atomic E-state index is 14.0. The number of fused-ring (bicyclic) bond motifs is 4. The smallest absolute Gasteiger partial charge is 0.280 e. The van der Waals surface area contributed by atoms with Gasteiger partial charge in [0.25, 0.3) is 16.9 Å². The lowest BCUT2D eigenvalue weighted by molar-refractivity contribution is -0.385. The van der Waals surface area contributed by atoms with E-state index in [0.717, 1.165) is 40.2 Å². The summed E-state index contributed by atoms with van der Waals surface area (Å²) < 4.78 is 12.5. The summed E-state index contributed by atoms with van der Waals surface area (Å²) in [5.41, 5.74) is 3.84. The molecule has 1 aromatic heterocycles. The third kappa shape index (κ3) is 3.72. The summed E-state index contributed by atoms with van der Waals surface area (Å²) in [6.07, 6.45) is 2.83. The molecule has 7 rings (SSSR count). The first-order chi connectivity index (χ1) is 19.4. The Morgan fingerprint density at radius 3 is 2.58 bits per heavy atom. The Labute approximate surface area is 228 Å². The standard InChI is InChI=1S/C28H18N4O7S/c33-27-24(12-17-11-22-23(39-14-38-22)13-21(17)32(36)37)40-28-29-25-19-7-2-1-4-15(19)8-9-20(25)26(30(27)28)16-5-3-6-18(10-16)31(34)35/h1-7,10-13,26H,8-9,14H2/b24-12+/t26-/m0/s1. The summed E-state index contributed by atoms with van der Waals surface area (Å²) in [7, 11) is 0. The van der Waals surface area contributed by atoms with Gasteiger partial charge in [-0.2, -0.15) is 0 Å². The van der Waals surface area contributed by atoms with E-state index in [-0.39, 0.29) is 34.0 Å². The largest absolute Gasteiger partial charge is 0.454 e. The van der Waals surface area contributed by atoms with Crippen molar-refractivity contribution >= 4 is 34.5 Å². The summed E-state index contributed by atoms with van der Waals surface area (Å²) in [5.74, 6) is 0.619. The minimum Gasteiger partial charge on any atom is -0.454 e. The average Bonchev–Trinajstić information content (AvgIpc) is 3.54. The number of nitrogens with zero attached hydrogens (tertiary/aromatic N) is 4. The molecule has 3 heterocycles. The number of rotatable bonds is 4. The number of hydrogen-bond acceptors (Lipinski definition) is 9. The van der Waals surface area contributed by atoms with Crippen molar-refractivity contribution in [1.29, 1.82) is 0 Å². The van der Waals surface area contributed by atoms with E-state index in [9.17, 15) is 25.0 Å². The fourth-order valence-corrected chi connectivity index (χ4v) is 6.48. The van der Waals surface area contributed by atoms with Gasteiger partial charge in [-0.05, 0) is 41.7 Å². The maximum Gasteiger partial charge on any atom is 0.280 e. The molecular formula is C28H18N4O7S. The molecule has 0 spiro atoms. The van der Waals surface area contributed by atoms with E-state index in [0.29, 0.717) is 22.5 Å². The maximum atomic E-state index is 14.0. The number of nitro groups is 2. The number of hydrogen-bond donors (Lipinski definition) is 0. The van der Waals surface area contributed by atoms with E-state index in [4.69, 9.17) is 14.5 Å². The van der Waals surface area contributed by atoms with E-state index in [2.05, 4.69) is 0 Å². The Morgan fingerprint density at radius 2 is 1.77 bits per heavy atom. The van der Waals surface area contributed by atoms with Gasteiger partial charge in [-0.25, -0.2) is 4.99 Å². The van der Waals surface area contributed by atoms with Crippen LogP contribution in [-0.4, -0.2) is 21.2 Å². The van der Waals surface area contributed by atoms with Gasteiger partial charge >= 0.3 is 0 Å². The Bertz CT molecular complexity index is 1990. The van der Waals surface area contributed by atoms with Crippen LogP contribution in [0.1, 0.15) is 34.7 Å². The van der Waals surface area contributed by atoms with Gasteiger partial charge in [0.2, 0.25) is 6.79 Å². The van der Waals surface area contributed by atoms with E-state index in [1.54, 1.807) is 16.7 Å². The van der Waals surface area contributed by atoms with Crippen LogP contribution in [0.5, 0.6) is 11.5 Å². The zero-order chi connectivity index (χ0) is 27.5. The predicted octanol–water partition coefficient (Wildman–Crippen LogP) is 3.86. The number of benzene rings is 3. The molecule has 0 bridgehead atoms. The van der Waals surface area contributed by atoms with Crippen molar-refractivity contribution in [3.05, 3.63) is 128 Å². The van der Waals surface area contributed by atoms with Crippen molar-refractivity contribution in [3.63, 3.8) is 0 Å². The Morgan fingerprint density at radius 1 is 0.975 bits per heavy atom. The van der Waals surface area contributed by atoms with Crippen LogP contribution in [0, 0.1) is 20.2 Å². The zero-order valence-corrected chi connectivity index (χ0v) is 21.4. The molecule has 11 nitrogen and oxygen atoms in total. The monoisotopic (exact) mass is 554 g/mol. The molecule has 40 heavy (non-hydrogen) atoms. The van der Waals surface area contributed by atoms with Gasteiger partial charge in [-0.15, -0.1) is 0 Å². The molecule has 0 saturated carbocycles. The van der Waals surface area contributed by atoms with E-state index in [1.807, 2.05) is 24.3 Å². The third-order valence-corrected chi connectivity index (χ3v) is 8.26. The predicted molar refractivity (Wildman–Crippen MR) is 145 cm³/mol. The highest BCUT2D eigenvalue weighted by atomic mass is 32.1. The number of aromatic nitrogens is 1. The van der Waals surface area contributed by atoms with E-state index >= 15 is 0 Å². The van der Waals surface area contributed by atoms with Crippen molar-refractivity contribution in [2.75, 3.05) is 6.79 Å². The normalized spacial score (nSPS) is 17.1. The molecule has 1 atom stereocenters. The van der Waals surface area contributed by atoms with Crippen molar-refractivity contribution in [3.8, 4) is 11.5 Å². The molecule has 0 saturated heterocycles. The van der Waals surface area contributed by atoms with Gasteiger partial charge in [0.1, 0.15) is 0 Å². The second-order valence-corrected chi connectivity index (χ2v) is 10.5. The summed E-state index contributed by atoms with van der Waals surface area (Å²) in [6, 6.07) is 16.4. The lowest BCUT2D eigenvalue weighted by Crippen LogP contribution is -2.38. The molecule has 1 aliphatic carbocycles. The first-order valence-electron chi connectivity index (χ1n) is 12.3. The van der Waals surface area contributed by atoms with E-state index in [1.165, 1.54) is 30.3 Å². The second-order valence-electron chi connectivity index (χ2n) is 9.49. The highest BCUT2D eigenvalue weighted by Gasteiger charge is 2.33. The van der Waals surface area contributed by atoms with Crippen LogP contribution in [0.2, 0.25) is 0 Å². The molecule has 4 aromatic rings. The third-order valence-electron chi connectivity index (χ3n) is 7.27. The number of nitro benzene ring substituents is 2. The zero-order valence-electron chi connectivity index (χ0n) is 20.6. The van der Waals surface area contributed by atoms with Crippen LogP contribution < -0.4 is 24.4 Å². The summed E-state index contributed by atoms with van der Waals surface area (Å²) in [5, 5.41) is 23.4. The van der Waals surface area contributed by atoms with Gasteiger partial charge in [0.15, 0.2) is 16.3 Å².